The minimum atomic E-state index is -3.80. The number of rotatable bonds is 9. The van der Waals surface area contributed by atoms with Crippen molar-refractivity contribution in [3.05, 3.63) is 76.9 Å². The minimum Gasteiger partial charge on any atom is -0.491 e. The highest BCUT2D eigenvalue weighted by atomic mass is 32.2. The molecule has 9 heteroatoms. The number of hydrogen-bond donors (Lipinski definition) is 0. The molecule has 34 heavy (non-hydrogen) atoms. The third kappa shape index (κ3) is 5.99. The van der Waals surface area contributed by atoms with Gasteiger partial charge in [0.15, 0.2) is 0 Å². The molecule has 0 aliphatic rings. The lowest BCUT2D eigenvalue weighted by atomic mass is 10.2. The highest BCUT2D eigenvalue weighted by molar-refractivity contribution is 7.86. The second kappa shape index (κ2) is 10.3. The molecule has 0 aliphatic heterocycles. The molecule has 2 aromatic heterocycles. The molecule has 0 unspecified atom stereocenters. The highest BCUT2D eigenvalue weighted by Gasteiger charge is 2.14. The second-order valence-electron chi connectivity index (χ2n) is 7.80. The summed E-state index contributed by atoms with van der Waals surface area (Å²) in [4.78, 5) is 11.1. The van der Waals surface area contributed by atoms with Crippen LogP contribution in [-0.2, 0) is 14.3 Å². The van der Waals surface area contributed by atoms with Crippen LogP contribution in [0.15, 0.2) is 65.7 Å². The maximum Gasteiger partial charge on any atom is 0.297 e. The van der Waals surface area contributed by atoms with Crippen LogP contribution in [-0.4, -0.2) is 45.7 Å². The van der Waals surface area contributed by atoms with E-state index in [0.717, 1.165) is 32.2 Å². The third-order valence-corrected chi connectivity index (χ3v) is 7.23. The Labute approximate surface area is 203 Å². The number of nitrogens with zero attached hydrogens (tertiary/aromatic N) is 3. The zero-order valence-corrected chi connectivity index (χ0v) is 20.8. The summed E-state index contributed by atoms with van der Waals surface area (Å²) in [5.74, 6) is 1.54. The zero-order valence-electron chi connectivity index (χ0n) is 19.1. The maximum absolute atomic E-state index is 12.2. The van der Waals surface area contributed by atoms with Crippen molar-refractivity contribution >= 4 is 49.6 Å². The van der Waals surface area contributed by atoms with Crippen molar-refractivity contribution in [1.82, 2.24) is 9.97 Å². The molecule has 4 rings (SSSR count). The van der Waals surface area contributed by atoms with Gasteiger partial charge in [-0.3, -0.25) is 4.18 Å². The van der Waals surface area contributed by atoms with Gasteiger partial charge in [0.1, 0.15) is 29.8 Å². The predicted molar refractivity (Wildman–Crippen MR) is 137 cm³/mol. The summed E-state index contributed by atoms with van der Waals surface area (Å²) in [6.45, 7) is 1.93. The number of hydrogen-bond acceptors (Lipinski definition) is 8. The zero-order chi connectivity index (χ0) is 24.1. The van der Waals surface area contributed by atoms with E-state index in [2.05, 4.69) is 9.97 Å². The Morgan fingerprint density at radius 3 is 2.50 bits per heavy atom. The van der Waals surface area contributed by atoms with Crippen LogP contribution in [0.2, 0.25) is 0 Å². The lowest BCUT2D eigenvalue weighted by Crippen LogP contribution is -2.13. The number of thiazole rings is 1. The van der Waals surface area contributed by atoms with Gasteiger partial charge in [0.2, 0.25) is 0 Å². The summed E-state index contributed by atoms with van der Waals surface area (Å²) in [5, 5.41) is 0.872. The van der Waals surface area contributed by atoms with Crippen LogP contribution in [0.25, 0.3) is 22.4 Å². The van der Waals surface area contributed by atoms with Crippen LogP contribution in [0.4, 0.5) is 5.82 Å². The van der Waals surface area contributed by atoms with Gasteiger partial charge in [0.05, 0.1) is 15.1 Å². The van der Waals surface area contributed by atoms with Gasteiger partial charge in [0, 0.05) is 20.3 Å². The van der Waals surface area contributed by atoms with Crippen molar-refractivity contribution in [3.63, 3.8) is 0 Å². The first-order valence-corrected chi connectivity index (χ1v) is 12.8. The van der Waals surface area contributed by atoms with Gasteiger partial charge in [-0.25, -0.2) is 9.97 Å². The van der Waals surface area contributed by atoms with Crippen molar-refractivity contribution in [2.75, 3.05) is 32.2 Å². The fraction of sp³-hybridized carbons (Fsp3) is 0.200. The van der Waals surface area contributed by atoms with Gasteiger partial charge < -0.3 is 9.64 Å². The Morgan fingerprint density at radius 1 is 1.00 bits per heavy atom. The van der Waals surface area contributed by atoms with Crippen molar-refractivity contribution < 1.29 is 17.3 Å². The topological polar surface area (TPSA) is 81.6 Å². The number of aryl methyl sites for hydroxylation is 1. The van der Waals surface area contributed by atoms with Crippen molar-refractivity contribution in [2.24, 2.45) is 0 Å². The summed E-state index contributed by atoms with van der Waals surface area (Å²) in [7, 11) is 0.110. The quantitative estimate of drug-likeness (QED) is 0.238. The average Bonchev–Trinajstić information content (AvgIpc) is 3.23. The van der Waals surface area contributed by atoms with Crippen LogP contribution in [0, 0.1) is 6.92 Å². The standard InChI is InChI=1S/C25H25N3O4S2/c1-18-4-9-21(10-5-18)34(29,30)32-15-14-31-20-8-11-22-23(16-20)33-25(27-22)13-7-19-6-12-24(26-17-19)28(2)3/h4-13,16-17H,14-15H2,1-3H3/b13-7+. The monoisotopic (exact) mass is 495 g/mol. The van der Waals surface area contributed by atoms with E-state index in [9.17, 15) is 8.42 Å². The van der Waals surface area contributed by atoms with Crippen LogP contribution in [0.1, 0.15) is 16.1 Å². The first kappa shape index (κ1) is 23.9. The Hall–Kier alpha value is -3.27. The van der Waals surface area contributed by atoms with Crippen LogP contribution in [0.5, 0.6) is 5.75 Å². The van der Waals surface area contributed by atoms with E-state index in [1.807, 2.05) is 74.6 Å². The molecule has 4 aromatic rings. The SMILES string of the molecule is Cc1ccc(S(=O)(=O)OCCOc2ccc3nc(/C=C/c4ccc(N(C)C)nc4)sc3c2)cc1. The van der Waals surface area contributed by atoms with E-state index in [-0.39, 0.29) is 18.1 Å². The van der Waals surface area contributed by atoms with Crippen molar-refractivity contribution in [3.8, 4) is 5.75 Å². The lowest BCUT2D eigenvalue weighted by Gasteiger charge is -2.10. The Morgan fingerprint density at radius 2 is 1.79 bits per heavy atom. The van der Waals surface area contributed by atoms with Gasteiger partial charge in [-0.1, -0.05) is 23.8 Å². The molecule has 0 amide bonds. The molecule has 0 spiro atoms. The van der Waals surface area contributed by atoms with E-state index in [1.165, 1.54) is 12.1 Å². The number of fused-ring (bicyclic) bond motifs is 1. The molecule has 0 saturated heterocycles. The number of benzene rings is 2. The third-order valence-electron chi connectivity index (χ3n) is 4.92. The largest absolute Gasteiger partial charge is 0.491 e. The smallest absolute Gasteiger partial charge is 0.297 e. The van der Waals surface area contributed by atoms with Crippen molar-refractivity contribution in [1.29, 1.82) is 0 Å². The fourth-order valence-corrected chi connectivity index (χ4v) is 4.88. The molecule has 0 saturated carbocycles. The van der Waals surface area contributed by atoms with E-state index < -0.39 is 10.1 Å². The molecule has 0 bridgehead atoms. The van der Waals surface area contributed by atoms with Crippen LogP contribution < -0.4 is 9.64 Å². The molecule has 2 heterocycles. The molecule has 0 atom stereocenters. The molecule has 0 N–H and O–H groups in total. The summed E-state index contributed by atoms with van der Waals surface area (Å²) in [6.07, 6.45) is 5.76. The van der Waals surface area contributed by atoms with E-state index in [0.29, 0.717) is 5.75 Å². The van der Waals surface area contributed by atoms with Gasteiger partial charge in [-0.2, -0.15) is 8.42 Å². The molecule has 0 fully saturated rings. The first-order valence-electron chi connectivity index (χ1n) is 10.6. The average molecular weight is 496 g/mol. The molecule has 176 valence electrons. The Bertz CT molecular complexity index is 1390. The molecular weight excluding hydrogens is 470 g/mol. The molecule has 0 aliphatic carbocycles. The van der Waals surface area contributed by atoms with Crippen LogP contribution >= 0.6 is 11.3 Å². The first-order chi connectivity index (χ1) is 16.3. The van der Waals surface area contributed by atoms with Gasteiger partial charge >= 0.3 is 0 Å². The predicted octanol–water partition coefficient (Wildman–Crippen LogP) is 5.02. The van der Waals surface area contributed by atoms with E-state index >= 15 is 0 Å². The number of pyridine rings is 1. The van der Waals surface area contributed by atoms with E-state index in [1.54, 1.807) is 23.5 Å². The summed E-state index contributed by atoms with van der Waals surface area (Å²) in [5.41, 5.74) is 2.85. The maximum atomic E-state index is 12.2. The highest BCUT2D eigenvalue weighted by Crippen LogP contribution is 2.27. The minimum absolute atomic E-state index is 0.0778. The van der Waals surface area contributed by atoms with Gasteiger partial charge in [0.25, 0.3) is 10.1 Å². The second-order valence-corrected chi connectivity index (χ2v) is 10.5. The molecular formula is C25H25N3O4S2. The molecule has 7 nitrogen and oxygen atoms in total. The normalized spacial score (nSPS) is 11.9. The number of ether oxygens (including phenoxy) is 1. The van der Waals surface area contributed by atoms with Crippen molar-refractivity contribution in [2.45, 2.75) is 11.8 Å². The molecule has 0 radical (unpaired) electrons. The molecule has 2 aromatic carbocycles. The Kier molecular flexibility index (Phi) is 7.26. The lowest BCUT2D eigenvalue weighted by molar-refractivity contribution is 0.221. The fourth-order valence-electron chi connectivity index (χ4n) is 3.09. The number of anilines is 1. The van der Waals surface area contributed by atoms with E-state index in [4.69, 9.17) is 8.92 Å². The summed E-state index contributed by atoms with van der Waals surface area (Å²) >= 11 is 1.55. The summed E-state index contributed by atoms with van der Waals surface area (Å²) in [6, 6.07) is 16.1. The van der Waals surface area contributed by atoms with Crippen LogP contribution in [0.3, 0.4) is 0 Å². The summed E-state index contributed by atoms with van der Waals surface area (Å²) < 4.78 is 36.2. The van der Waals surface area contributed by atoms with Gasteiger partial charge in [-0.15, -0.1) is 11.3 Å². The van der Waals surface area contributed by atoms with Gasteiger partial charge in [-0.05, 0) is 61.0 Å². The Balaban J connectivity index is 1.34. The number of aromatic nitrogens is 2.